The first-order valence-corrected chi connectivity index (χ1v) is 8.31. The topological polar surface area (TPSA) is 100 Å². The number of urea groups is 1. The van der Waals surface area contributed by atoms with Gasteiger partial charge in [0.15, 0.2) is 0 Å². The normalized spacial score (nSPS) is 12.9. The maximum atomic E-state index is 12.2. The van der Waals surface area contributed by atoms with Crippen LogP contribution in [0.3, 0.4) is 0 Å². The van der Waals surface area contributed by atoms with Gasteiger partial charge in [-0.05, 0) is 30.5 Å². The van der Waals surface area contributed by atoms with Gasteiger partial charge < -0.3 is 20.2 Å². The Balaban J connectivity index is 2.02. The van der Waals surface area contributed by atoms with E-state index < -0.39 is 11.5 Å². The molecule has 0 fully saturated rings. The first kappa shape index (κ1) is 18.9. The van der Waals surface area contributed by atoms with Crippen LogP contribution in [0.2, 0.25) is 0 Å². The molecule has 1 aromatic carbocycles. The molecule has 25 heavy (non-hydrogen) atoms. The van der Waals surface area contributed by atoms with Gasteiger partial charge in [-0.1, -0.05) is 33.8 Å². The number of anilines is 1. The zero-order valence-electron chi connectivity index (χ0n) is 15.3. The number of nitrogens with zero attached hydrogens (tertiary/aromatic N) is 2. The summed E-state index contributed by atoms with van der Waals surface area (Å²) in [5, 5.41) is 23.4. The van der Waals surface area contributed by atoms with E-state index in [2.05, 4.69) is 20.8 Å². The van der Waals surface area contributed by atoms with Crippen molar-refractivity contribution in [3.05, 3.63) is 30.2 Å². The van der Waals surface area contributed by atoms with E-state index in [0.717, 1.165) is 11.1 Å². The molecule has 7 heteroatoms. The summed E-state index contributed by atoms with van der Waals surface area (Å²) in [6.45, 7) is 10.0. The van der Waals surface area contributed by atoms with Gasteiger partial charge in [0, 0.05) is 23.2 Å². The van der Waals surface area contributed by atoms with Crippen LogP contribution >= 0.6 is 0 Å². The van der Waals surface area contributed by atoms with Crippen molar-refractivity contribution in [2.24, 2.45) is 11.3 Å². The predicted octanol–water partition coefficient (Wildman–Crippen LogP) is 3.21. The second-order valence-electron chi connectivity index (χ2n) is 7.26. The summed E-state index contributed by atoms with van der Waals surface area (Å²) in [6, 6.07) is 5.20. The van der Waals surface area contributed by atoms with E-state index in [1.807, 2.05) is 46.8 Å². The summed E-state index contributed by atoms with van der Waals surface area (Å²) in [4.78, 5) is 12.2. The Hall–Kier alpha value is -2.41. The van der Waals surface area contributed by atoms with Crippen LogP contribution in [0.1, 0.15) is 33.3 Å². The van der Waals surface area contributed by atoms with Crippen LogP contribution in [0, 0.1) is 18.3 Å². The lowest BCUT2D eigenvalue weighted by Gasteiger charge is -2.33. The average Bonchev–Trinajstić information content (AvgIpc) is 3.08. The van der Waals surface area contributed by atoms with Crippen molar-refractivity contribution in [3.63, 3.8) is 0 Å². The van der Waals surface area contributed by atoms with Crippen molar-refractivity contribution in [1.82, 2.24) is 15.5 Å². The molecule has 7 nitrogen and oxygen atoms in total. The number of aryl methyl sites for hydroxylation is 1. The molecular weight excluding hydrogens is 320 g/mol. The van der Waals surface area contributed by atoms with Crippen molar-refractivity contribution >= 4 is 11.7 Å². The number of rotatable bonds is 6. The van der Waals surface area contributed by atoms with E-state index in [1.54, 1.807) is 6.07 Å². The lowest BCUT2D eigenvalue weighted by molar-refractivity contribution is 0.0154. The lowest BCUT2D eigenvalue weighted by atomic mass is 9.81. The first-order valence-electron chi connectivity index (χ1n) is 8.31. The van der Waals surface area contributed by atoms with Crippen molar-refractivity contribution in [2.75, 3.05) is 11.9 Å². The molecule has 2 amide bonds. The van der Waals surface area contributed by atoms with Gasteiger partial charge in [-0.2, -0.15) is 0 Å². The fraction of sp³-hybridized carbons (Fsp3) is 0.500. The molecule has 0 aliphatic heterocycles. The molecule has 0 aliphatic rings. The number of aliphatic hydroxyl groups excluding tert-OH is 1. The zero-order chi connectivity index (χ0) is 18.6. The van der Waals surface area contributed by atoms with Crippen LogP contribution in [0.4, 0.5) is 10.5 Å². The van der Waals surface area contributed by atoms with Gasteiger partial charge in [-0.25, -0.2) is 4.79 Å². The van der Waals surface area contributed by atoms with E-state index in [0.29, 0.717) is 18.1 Å². The van der Waals surface area contributed by atoms with Crippen LogP contribution in [0.5, 0.6) is 0 Å². The quantitative estimate of drug-likeness (QED) is 0.746. The lowest BCUT2D eigenvalue weighted by Crippen LogP contribution is -2.44. The van der Waals surface area contributed by atoms with Gasteiger partial charge in [0.05, 0.1) is 6.10 Å². The molecule has 0 aliphatic carbocycles. The summed E-state index contributed by atoms with van der Waals surface area (Å²) >= 11 is 0. The Bertz CT molecular complexity index is 711. The Morgan fingerprint density at radius 3 is 2.68 bits per heavy atom. The molecule has 2 aromatic rings. The summed E-state index contributed by atoms with van der Waals surface area (Å²) < 4.78 is 5.18. The number of hydrogen-bond donors (Lipinski definition) is 3. The van der Waals surface area contributed by atoms with Crippen LogP contribution < -0.4 is 10.6 Å². The van der Waals surface area contributed by atoms with Gasteiger partial charge in [-0.15, -0.1) is 10.2 Å². The molecule has 0 saturated heterocycles. The van der Waals surface area contributed by atoms with Crippen LogP contribution in [-0.2, 0) is 0 Å². The average molecular weight is 346 g/mol. The smallest absolute Gasteiger partial charge is 0.319 e. The van der Waals surface area contributed by atoms with Crippen molar-refractivity contribution in [2.45, 2.75) is 40.7 Å². The third-order valence-corrected chi connectivity index (χ3v) is 4.23. The highest BCUT2D eigenvalue weighted by Gasteiger charge is 2.30. The molecule has 3 N–H and O–H groups in total. The van der Waals surface area contributed by atoms with Gasteiger partial charge in [0.25, 0.3) is 0 Å². The molecule has 2 rings (SSSR count). The number of aliphatic hydroxyl groups is 1. The third-order valence-electron chi connectivity index (χ3n) is 4.23. The minimum absolute atomic E-state index is 0.119. The molecule has 0 radical (unpaired) electrons. The predicted molar refractivity (Wildman–Crippen MR) is 96.1 cm³/mol. The molecule has 1 atom stereocenters. The summed E-state index contributed by atoms with van der Waals surface area (Å²) in [5.74, 6) is 0.512. The molecule has 1 heterocycles. The number of benzene rings is 1. The first-order chi connectivity index (χ1) is 11.7. The van der Waals surface area contributed by atoms with E-state index in [9.17, 15) is 9.90 Å². The molecule has 136 valence electrons. The summed E-state index contributed by atoms with van der Waals surface area (Å²) in [7, 11) is 0. The zero-order valence-corrected chi connectivity index (χ0v) is 15.3. The maximum absolute atomic E-state index is 12.2. The highest BCUT2D eigenvalue weighted by Crippen LogP contribution is 2.26. The Morgan fingerprint density at radius 1 is 1.36 bits per heavy atom. The van der Waals surface area contributed by atoms with Crippen molar-refractivity contribution in [3.8, 4) is 11.5 Å². The molecule has 0 spiro atoms. The minimum atomic E-state index is -0.504. The monoisotopic (exact) mass is 346 g/mol. The number of hydrogen-bond acceptors (Lipinski definition) is 5. The van der Waals surface area contributed by atoms with E-state index >= 15 is 0 Å². The fourth-order valence-electron chi connectivity index (χ4n) is 2.67. The van der Waals surface area contributed by atoms with Crippen molar-refractivity contribution < 1.29 is 14.3 Å². The molecule has 1 aromatic heterocycles. The second-order valence-corrected chi connectivity index (χ2v) is 7.26. The van der Waals surface area contributed by atoms with E-state index in [1.165, 1.54) is 6.39 Å². The summed E-state index contributed by atoms with van der Waals surface area (Å²) in [6.07, 6.45) is 0.757. The second kappa shape index (κ2) is 7.65. The van der Waals surface area contributed by atoms with Gasteiger partial charge in [0.1, 0.15) is 0 Å². The number of carbonyl (C=O) groups is 1. The number of aromatic nitrogens is 2. The van der Waals surface area contributed by atoms with Crippen LogP contribution in [0.15, 0.2) is 29.0 Å². The van der Waals surface area contributed by atoms with E-state index in [4.69, 9.17) is 4.42 Å². The Kier molecular flexibility index (Phi) is 5.79. The highest BCUT2D eigenvalue weighted by atomic mass is 16.4. The Labute approximate surface area is 147 Å². The molecular formula is C18H26N4O3. The van der Waals surface area contributed by atoms with Gasteiger partial charge >= 0.3 is 6.03 Å². The number of amides is 2. The minimum Gasteiger partial charge on any atom is -0.423 e. The number of carbonyl (C=O) groups excluding carboxylic acids is 1. The fourth-order valence-corrected chi connectivity index (χ4v) is 2.67. The van der Waals surface area contributed by atoms with Gasteiger partial charge in [-0.3, -0.25) is 0 Å². The van der Waals surface area contributed by atoms with Crippen molar-refractivity contribution in [1.29, 1.82) is 0 Å². The highest BCUT2D eigenvalue weighted by molar-refractivity contribution is 5.90. The molecule has 0 saturated carbocycles. The van der Waals surface area contributed by atoms with E-state index in [-0.39, 0.29) is 11.9 Å². The van der Waals surface area contributed by atoms with Crippen LogP contribution in [0.25, 0.3) is 11.5 Å². The molecule has 0 bridgehead atoms. The van der Waals surface area contributed by atoms with Crippen LogP contribution in [-0.4, -0.2) is 34.0 Å². The molecule has 1 unspecified atom stereocenters. The Morgan fingerprint density at radius 2 is 2.08 bits per heavy atom. The number of nitrogens with one attached hydrogen (secondary N) is 2. The SMILES string of the molecule is Cc1ccc(-c2nnco2)cc1NC(=O)NCC(C)(C)C(O)C(C)C. The largest absolute Gasteiger partial charge is 0.423 e. The maximum Gasteiger partial charge on any atom is 0.319 e. The summed E-state index contributed by atoms with van der Waals surface area (Å²) in [5.41, 5.74) is 1.89. The third kappa shape index (κ3) is 4.79. The van der Waals surface area contributed by atoms with Gasteiger partial charge in [0.2, 0.25) is 12.3 Å². The standard InChI is InChI=1S/C18H26N4O3/c1-11(2)15(23)18(4,5)9-19-17(24)21-14-8-13(7-6-12(14)3)16-22-20-10-25-16/h6-8,10-11,15,23H,9H2,1-5H3,(H2,19,21,24).